The topological polar surface area (TPSA) is 101 Å². The number of unbranched alkanes of at least 4 members (excludes halogenated alkanes) is 2. The van der Waals surface area contributed by atoms with Crippen molar-refractivity contribution >= 4 is 29.5 Å². The summed E-state index contributed by atoms with van der Waals surface area (Å²) in [6.45, 7) is 2.30. The van der Waals surface area contributed by atoms with Crippen LogP contribution in [0.1, 0.15) is 59.7 Å². The van der Waals surface area contributed by atoms with Gasteiger partial charge in [0.15, 0.2) is 5.66 Å². The largest absolute Gasteiger partial charge is 0.449 e. The van der Waals surface area contributed by atoms with Crippen LogP contribution >= 0.6 is 11.6 Å². The molecule has 0 aliphatic carbocycles. The van der Waals surface area contributed by atoms with Crippen molar-refractivity contribution in [1.82, 2.24) is 10.2 Å². The Labute approximate surface area is 163 Å². The third-order valence-corrected chi connectivity index (χ3v) is 5.81. The summed E-state index contributed by atoms with van der Waals surface area (Å²) in [7, 11) is 0. The smallest absolute Gasteiger partial charge is 0.409 e. The number of alkyl halides is 1. The van der Waals surface area contributed by atoms with Crippen LogP contribution in [-0.2, 0) is 4.74 Å². The van der Waals surface area contributed by atoms with Gasteiger partial charge in [-0.25, -0.2) is 4.79 Å². The fraction of sp³-hybridized carbons (Fsp3) is 0.526. The van der Waals surface area contributed by atoms with Crippen LogP contribution in [0.25, 0.3) is 0 Å². The molecule has 1 spiro atoms. The highest BCUT2D eigenvalue weighted by Gasteiger charge is 2.70. The number of ether oxygens (including phenoxy) is 1. The fourth-order valence-electron chi connectivity index (χ4n) is 3.88. The number of hydrogen-bond acceptors (Lipinski definition) is 4. The van der Waals surface area contributed by atoms with Gasteiger partial charge in [-0.15, -0.1) is 11.6 Å². The zero-order valence-corrected chi connectivity index (χ0v) is 16.0. The first-order valence-corrected chi connectivity index (χ1v) is 9.68. The lowest BCUT2D eigenvalue weighted by atomic mass is 10.0. The Morgan fingerprint density at radius 2 is 2.04 bits per heavy atom. The maximum absolute atomic E-state index is 13.3. The van der Waals surface area contributed by atoms with Crippen molar-refractivity contribution in [1.29, 1.82) is 0 Å². The molecule has 3 atom stereocenters. The van der Waals surface area contributed by atoms with E-state index < -0.39 is 23.0 Å². The lowest BCUT2D eigenvalue weighted by molar-refractivity contribution is 0.0829. The van der Waals surface area contributed by atoms with Crippen molar-refractivity contribution in [2.45, 2.75) is 56.1 Å². The molecule has 0 saturated carbocycles. The second kappa shape index (κ2) is 7.76. The van der Waals surface area contributed by atoms with Gasteiger partial charge in [-0.1, -0.05) is 38.3 Å². The Hall–Kier alpha value is -2.28. The van der Waals surface area contributed by atoms with Crippen LogP contribution in [0.5, 0.6) is 0 Å². The Morgan fingerprint density at radius 3 is 2.70 bits per heavy atom. The highest BCUT2D eigenvalue weighted by Crippen LogP contribution is 2.49. The molecule has 0 aromatic heterocycles. The van der Waals surface area contributed by atoms with E-state index in [1.54, 1.807) is 23.1 Å². The molecule has 2 heterocycles. The van der Waals surface area contributed by atoms with Gasteiger partial charge in [0.2, 0.25) is 5.91 Å². The molecule has 2 aliphatic heterocycles. The van der Waals surface area contributed by atoms with E-state index in [0.717, 1.165) is 19.3 Å². The first-order valence-electron chi connectivity index (χ1n) is 9.25. The second-order valence-corrected chi connectivity index (χ2v) is 7.47. The van der Waals surface area contributed by atoms with E-state index in [1.165, 1.54) is 6.07 Å². The summed E-state index contributed by atoms with van der Waals surface area (Å²) in [6, 6.07) is 6.17. The Balaban J connectivity index is 1.94. The van der Waals surface area contributed by atoms with Gasteiger partial charge >= 0.3 is 6.09 Å². The summed E-state index contributed by atoms with van der Waals surface area (Å²) in [6.07, 6.45) is 3.53. The SMILES string of the molecule is CCCCCC1N(C(=O)c2ccccc2C(N)=O)[C@]12NC(=O)OCC[C@@H]2Cl. The molecule has 2 aliphatic rings. The summed E-state index contributed by atoms with van der Waals surface area (Å²) in [5, 5.41) is 2.32. The normalized spacial score (nSPS) is 26.9. The number of nitrogens with one attached hydrogen (secondary N) is 1. The average molecular weight is 394 g/mol. The molecular weight excluding hydrogens is 370 g/mol. The molecule has 3 rings (SSSR count). The summed E-state index contributed by atoms with van der Waals surface area (Å²) in [5.41, 5.74) is 4.79. The lowest BCUT2D eigenvalue weighted by Gasteiger charge is -2.20. The molecule has 0 bridgehead atoms. The number of cyclic esters (lactones) is 1. The number of primary amides is 1. The fourth-order valence-corrected chi connectivity index (χ4v) is 4.28. The molecule has 1 aromatic rings. The van der Waals surface area contributed by atoms with Crippen molar-refractivity contribution < 1.29 is 19.1 Å². The van der Waals surface area contributed by atoms with E-state index in [9.17, 15) is 14.4 Å². The molecule has 3 amide bonds. The van der Waals surface area contributed by atoms with E-state index in [1.807, 2.05) is 0 Å². The van der Waals surface area contributed by atoms with Crippen LogP contribution < -0.4 is 11.1 Å². The molecule has 1 aromatic carbocycles. The number of carbonyl (C=O) groups is 3. The molecule has 1 unspecified atom stereocenters. The van der Waals surface area contributed by atoms with E-state index >= 15 is 0 Å². The maximum atomic E-state index is 13.3. The molecule has 27 heavy (non-hydrogen) atoms. The van der Waals surface area contributed by atoms with Crippen LogP contribution in [0.2, 0.25) is 0 Å². The number of halogens is 1. The van der Waals surface area contributed by atoms with Crippen molar-refractivity contribution in [3.8, 4) is 0 Å². The molecule has 3 N–H and O–H groups in total. The summed E-state index contributed by atoms with van der Waals surface area (Å²) >= 11 is 6.60. The molecule has 8 heteroatoms. The first kappa shape index (κ1) is 19.5. The standard InChI is InChI=1S/C19H24ClN3O4/c1-2-3-4-9-15-19(14(20)10-11-27-18(26)22-19)23(15)17(25)13-8-6-5-7-12(13)16(21)24/h5-8,14-15H,2-4,9-11H2,1H3,(H2,21,24)(H,22,26)/t14-,15?,19-,23?/m0/s1. The number of hydrogen-bond donors (Lipinski definition) is 2. The zero-order chi connectivity index (χ0) is 19.6. The van der Waals surface area contributed by atoms with Gasteiger partial charge in [-0.3, -0.25) is 14.9 Å². The van der Waals surface area contributed by atoms with Gasteiger partial charge in [0, 0.05) is 6.42 Å². The third kappa shape index (κ3) is 3.48. The summed E-state index contributed by atoms with van der Waals surface area (Å²) in [5.74, 6) is -1.04. The number of rotatable bonds is 6. The first-order chi connectivity index (χ1) is 12.9. The number of carbonyl (C=O) groups excluding carboxylic acids is 3. The van der Waals surface area contributed by atoms with Gasteiger partial charge in [0.25, 0.3) is 5.91 Å². The Kier molecular flexibility index (Phi) is 5.60. The van der Waals surface area contributed by atoms with Crippen molar-refractivity contribution in [2.75, 3.05) is 6.61 Å². The Bertz CT molecular complexity index is 756. The minimum absolute atomic E-state index is 0.152. The molecule has 0 radical (unpaired) electrons. The highest BCUT2D eigenvalue weighted by molar-refractivity contribution is 6.22. The van der Waals surface area contributed by atoms with Crippen LogP contribution in [-0.4, -0.2) is 46.5 Å². The monoisotopic (exact) mass is 393 g/mol. The van der Waals surface area contributed by atoms with Crippen LogP contribution in [0.3, 0.4) is 0 Å². The lowest BCUT2D eigenvalue weighted by Crippen LogP contribution is -2.48. The summed E-state index contributed by atoms with van der Waals surface area (Å²) < 4.78 is 5.07. The number of amides is 3. The van der Waals surface area contributed by atoms with Gasteiger partial charge in [0.05, 0.1) is 29.2 Å². The minimum atomic E-state index is -0.995. The quantitative estimate of drug-likeness (QED) is 0.440. The number of nitrogens with two attached hydrogens (primary N) is 1. The number of nitrogens with zero attached hydrogens (tertiary/aromatic N) is 1. The van der Waals surface area contributed by atoms with Crippen molar-refractivity contribution in [3.63, 3.8) is 0 Å². The van der Waals surface area contributed by atoms with Crippen LogP contribution in [0, 0.1) is 0 Å². The predicted molar refractivity (Wildman–Crippen MR) is 101 cm³/mol. The highest BCUT2D eigenvalue weighted by atomic mass is 35.5. The molecule has 2 saturated heterocycles. The average Bonchev–Trinajstić information content (AvgIpc) is 3.31. The predicted octanol–water partition coefficient (Wildman–Crippen LogP) is 2.62. The van der Waals surface area contributed by atoms with Crippen molar-refractivity contribution in [3.05, 3.63) is 35.4 Å². The minimum Gasteiger partial charge on any atom is -0.449 e. The van der Waals surface area contributed by atoms with Gasteiger partial charge in [-0.2, -0.15) is 0 Å². The van der Waals surface area contributed by atoms with E-state index in [-0.39, 0.29) is 29.7 Å². The number of alkyl carbamates (subject to hydrolysis) is 1. The van der Waals surface area contributed by atoms with Crippen LogP contribution in [0.15, 0.2) is 24.3 Å². The number of benzene rings is 1. The van der Waals surface area contributed by atoms with E-state index in [2.05, 4.69) is 12.2 Å². The molecular formula is C19H24ClN3O4. The van der Waals surface area contributed by atoms with Gasteiger partial charge < -0.3 is 15.4 Å². The van der Waals surface area contributed by atoms with E-state index in [0.29, 0.717) is 12.8 Å². The second-order valence-electron chi connectivity index (χ2n) is 6.94. The van der Waals surface area contributed by atoms with Gasteiger partial charge in [0.1, 0.15) is 0 Å². The molecule has 7 nitrogen and oxygen atoms in total. The van der Waals surface area contributed by atoms with Gasteiger partial charge in [-0.05, 0) is 18.6 Å². The maximum Gasteiger partial charge on any atom is 0.409 e. The zero-order valence-electron chi connectivity index (χ0n) is 15.2. The Morgan fingerprint density at radius 1 is 1.33 bits per heavy atom. The molecule has 146 valence electrons. The van der Waals surface area contributed by atoms with E-state index in [4.69, 9.17) is 22.1 Å². The van der Waals surface area contributed by atoms with Crippen molar-refractivity contribution in [2.24, 2.45) is 5.73 Å². The third-order valence-electron chi connectivity index (χ3n) is 5.26. The van der Waals surface area contributed by atoms with Crippen LogP contribution in [0.4, 0.5) is 4.79 Å². The molecule has 2 fully saturated rings. The summed E-state index contributed by atoms with van der Waals surface area (Å²) in [4.78, 5) is 38.6.